The minimum absolute atomic E-state index is 0.548. The number of ether oxygens (including phenoxy) is 1. The highest BCUT2D eigenvalue weighted by Crippen LogP contribution is 2.49. The first-order valence-corrected chi connectivity index (χ1v) is 7.04. The Hall–Kier alpha value is 0.440. The van der Waals surface area contributed by atoms with Crippen LogP contribution in [0.5, 0.6) is 0 Å². The van der Waals surface area contributed by atoms with Gasteiger partial charge in [0.2, 0.25) is 0 Å². The minimum Gasteiger partial charge on any atom is -0.378 e. The lowest BCUT2D eigenvalue weighted by Crippen LogP contribution is -2.23. The van der Waals surface area contributed by atoms with Crippen molar-refractivity contribution < 1.29 is 4.74 Å². The second-order valence-corrected chi connectivity index (χ2v) is 5.80. The van der Waals surface area contributed by atoms with Crippen molar-refractivity contribution in [3.05, 3.63) is 0 Å². The molecule has 2 rings (SSSR count). The van der Waals surface area contributed by atoms with Crippen LogP contribution in [0, 0.1) is 11.3 Å². The van der Waals surface area contributed by atoms with E-state index in [4.69, 9.17) is 4.74 Å². The molecule has 1 saturated carbocycles. The van der Waals surface area contributed by atoms with Crippen molar-refractivity contribution in [3.8, 4) is 0 Å². The first-order chi connectivity index (χ1) is 6.74. The third-order valence-corrected chi connectivity index (χ3v) is 5.21. The van der Waals surface area contributed by atoms with E-state index in [-0.39, 0.29) is 0 Å². The molecule has 2 fully saturated rings. The zero-order valence-electron chi connectivity index (χ0n) is 9.10. The first-order valence-electron chi connectivity index (χ1n) is 5.92. The molecule has 2 aliphatic rings. The predicted molar refractivity (Wildman–Crippen MR) is 62.8 cm³/mol. The van der Waals surface area contributed by atoms with Crippen LogP contribution in [0.25, 0.3) is 0 Å². The zero-order valence-corrected chi connectivity index (χ0v) is 10.7. The van der Waals surface area contributed by atoms with Gasteiger partial charge in [-0.1, -0.05) is 22.9 Å². The lowest BCUT2D eigenvalue weighted by atomic mass is 9.81. The Bertz CT molecular complexity index is 185. The van der Waals surface area contributed by atoms with E-state index in [9.17, 15) is 0 Å². The van der Waals surface area contributed by atoms with Gasteiger partial charge in [0.25, 0.3) is 0 Å². The van der Waals surface area contributed by atoms with E-state index in [2.05, 4.69) is 22.9 Å². The number of alkyl halides is 1. The van der Waals surface area contributed by atoms with E-state index in [1.165, 1.54) is 38.5 Å². The first kappa shape index (κ1) is 10.9. The zero-order chi connectivity index (χ0) is 10.0. The van der Waals surface area contributed by atoms with Gasteiger partial charge in [-0.25, -0.2) is 0 Å². The Labute approximate surface area is 95.7 Å². The lowest BCUT2D eigenvalue weighted by Gasteiger charge is -2.28. The molecule has 14 heavy (non-hydrogen) atoms. The molecule has 2 atom stereocenters. The van der Waals surface area contributed by atoms with E-state index in [0.717, 1.165) is 17.9 Å². The highest BCUT2D eigenvalue weighted by molar-refractivity contribution is 9.09. The van der Waals surface area contributed by atoms with E-state index < -0.39 is 0 Å². The van der Waals surface area contributed by atoms with Crippen molar-refractivity contribution >= 4 is 15.9 Å². The molecular formula is C12H21BrO. The van der Waals surface area contributed by atoms with Crippen LogP contribution >= 0.6 is 15.9 Å². The van der Waals surface area contributed by atoms with Gasteiger partial charge in [0.05, 0.1) is 6.10 Å². The van der Waals surface area contributed by atoms with Crippen molar-refractivity contribution in [2.45, 2.75) is 51.6 Å². The van der Waals surface area contributed by atoms with Gasteiger partial charge in [-0.15, -0.1) is 0 Å². The summed E-state index contributed by atoms with van der Waals surface area (Å²) in [5.74, 6) is 0.989. The van der Waals surface area contributed by atoms with Crippen LogP contribution in [-0.4, -0.2) is 18.0 Å². The Morgan fingerprint density at radius 2 is 2.14 bits per heavy atom. The second kappa shape index (κ2) is 4.52. The summed E-state index contributed by atoms with van der Waals surface area (Å²) in [5, 5.41) is 1.16. The predicted octanol–water partition coefficient (Wildman–Crippen LogP) is 3.76. The minimum atomic E-state index is 0.548. The maximum Gasteiger partial charge on any atom is 0.0576 e. The SMILES string of the molecule is CC(CBr)(CCC1CCCO1)C1CC1. The van der Waals surface area contributed by atoms with Gasteiger partial charge in [-0.05, 0) is 49.9 Å². The molecule has 2 unspecified atom stereocenters. The quantitative estimate of drug-likeness (QED) is 0.685. The van der Waals surface area contributed by atoms with Crippen molar-refractivity contribution in [1.82, 2.24) is 0 Å². The summed E-state index contributed by atoms with van der Waals surface area (Å²) in [4.78, 5) is 0. The second-order valence-electron chi connectivity index (χ2n) is 5.24. The van der Waals surface area contributed by atoms with E-state index in [0.29, 0.717) is 11.5 Å². The fourth-order valence-corrected chi connectivity index (χ4v) is 3.26. The number of rotatable bonds is 5. The summed E-state index contributed by atoms with van der Waals surface area (Å²) >= 11 is 3.68. The largest absolute Gasteiger partial charge is 0.378 e. The molecule has 2 heteroatoms. The van der Waals surface area contributed by atoms with Crippen LogP contribution in [0.2, 0.25) is 0 Å². The molecule has 0 aromatic rings. The van der Waals surface area contributed by atoms with E-state index in [1.54, 1.807) is 0 Å². The smallest absolute Gasteiger partial charge is 0.0576 e. The Kier molecular flexibility index (Phi) is 3.54. The Morgan fingerprint density at radius 1 is 1.36 bits per heavy atom. The van der Waals surface area contributed by atoms with Gasteiger partial charge < -0.3 is 4.74 Å². The molecule has 0 N–H and O–H groups in total. The summed E-state index contributed by atoms with van der Waals surface area (Å²) in [5.41, 5.74) is 0.548. The third kappa shape index (κ3) is 2.52. The maximum absolute atomic E-state index is 5.68. The standard InChI is InChI=1S/C12H21BrO/c1-12(9-13,10-4-5-10)7-6-11-3-2-8-14-11/h10-11H,2-9H2,1H3. The molecule has 0 radical (unpaired) electrons. The number of hydrogen-bond acceptors (Lipinski definition) is 1. The Balaban J connectivity index is 1.76. The van der Waals surface area contributed by atoms with Gasteiger partial charge >= 0.3 is 0 Å². The summed E-state index contributed by atoms with van der Waals surface area (Å²) in [7, 11) is 0. The monoisotopic (exact) mass is 260 g/mol. The van der Waals surface area contributed by atoms with Crippen LogP contribution in [0.15, 0.2) is 0 Å². The molecule has 1 aliphatic heterocycles. The van der Waals surface area contributed by atoms with Crippen LogP contribution in [0.1, 0.15) is 45.4 Å². The van der Waals surface area contributed by atoms with Crippen molar-refractivity contribution in [2.75, 3.05) is 11.9 Å². The average molecular weight is 261 g/mol. The van der Waals surface area contributed by atoms with Gasteiger partial charge in [0.1, 0.15) is 0 Å². The fourth-order valence-electron chi connectivity index (χ4n) is 2.52. The van der Waals surface area contributed by atoms with Crippen molar-refractivity contribution in [3.63, 3.8) is 0 Å². The highest BCUT2D eigenvalue weighted by atomic mass is 79.9. The molecule has 1 aliphatic carbocycles. The molecular weight excluding hydrogens is 240 g/mol. The van der Waals surface area contributed by atoms with Crippen molar-refractivity contribution in [2.24, 2.45) is 11.3 Å². The normalized spacial score (nSPS) is 31.7. The van der Waals surface area contributed by atoms with Crippen LogP contribution in [0.4, 0.5) is 0 Å². The molecule has 0 aromatic carbocycles. The Morgan fingerprint density at radius 3 is 2.64 bits per heavy atom. The molecule has 82 valence electrons. The molecule has 0 spiro atoms. The lowest BCUT2D eigenvalue weighted by molar-refractivity contribution is 0.0896. The molecule has 1 nitrogen and oxygen atoms in total. The molecule has 0 bridgehead atoms. The van der Waals surface area contributed by atoms with Gasteiger partial charge in [-0.2, -0.15) is 0 Å². The van der Waals surface area contributed by atoms with Crippen LogP contribution in [0.3, 0.4) is 0 Å². The summed E-state index contributed by atoms with van der Waals surface area (Å²) in [6.07, 6.45) is 8.67. The van der Waals surface area contributed by atoms with E-state index in [1.807, 2.05) is 0 Å². The highest BCUT2D eigenvalue weighted by Gasteiger charge is 2.40. The summed E-state index contributed by atoms with van der Waals surface area (Å²) in [6, 6.07) is 0. The fraction of sp³-hybridized carbons (Fsp3) is 1.00. The number of halogens is 1. The van der Waals surface area contributed by atoms with Crippen molar-refractivity contribution in [1.29, 1.82) is 0 Å². The summed E-state index contributed by atoms with van der Waals surface area (Å²) < 4.78 is 5.68. The van der Waals surface area contributed by atoms with Gasteiger partial charge in [-0.3, -0.25) is 0 Å². The van der Waals surface area contributed by atoms with Gasteiger partial charge in [0.15, 0.2) is 0 Å². The van der Waals surface area contributed by atoms with Crippen LogP contribution < -0.4 is 0 Å². The van der Waals surface area contributed by atoms with E-state index >= 15 is 0 Å². The molecule has 0 aromatic heterocycles. The molecule has 1 heterocycles. The molecule has 0 amide bonds. The summed E-state index contributed by atoms with van der Waals surface area (Å²) in [6.45, 7) is 3.44. The maximum atomic E-state index is 5.68. The topological polar surface area (TPSA) is 9.23 Å². The average Bonchev–Trinajstić information content (AvgIpc) is 2.94. The number of hydrogen-bond donors (Lipinski definition) is 0. The molecule has 1 saturated heterocycles. The third-order valence-electron chi connectivity index (χ3n) is 3.93. The van der Waals surface area contributed by atoms with Gasteiger partial charge in [0, 0.05) is 11.9 Å². The van der Waals surface area contributed by atoms with Crippen LogP contribution in [-0.2, 0) is 4.74 Å².